The Morgan fingerprint density at radius 2 is 1.60 bits per heavy atom. The van der Waals surface area contributed by atoms with Crippen molar-refractivity contribution < 1.29 is 4.79 Å². The molecule has 2 aliphatic heterocycles. The van der Waals surface area contributed by atoms with Crippen molar-refractivity contribution in [2.45, 2.75) is 44.6 Å². The first-order valence-corrected chi connectivity index (χ1v) is 8.81. The third-order valence-electron chi connectivity index (χ3n) is 7.24. The molecule has 2 saturated heterocycles. The predicted octanol–water partition coefficient (Wildman–Crippen LogP) is 1.88. The van der Waals surface area contributed by atoms with Crippen molar-refractivity contribution in [3.8, 4) is 0 Å². The van der Waals surface area contributed by atoms with E-state index in [4.69, 9.17) is 0 Å². The number of nitrogens with one attached hydrogen (secondary N) is 1. The van der Waals surface area contributed by atoms with Gasteiger partial charge < -0.3 is 10.2 Å². The largest absolute Gasteiger partial charge is 0.338 e. The highest BCUT2D eigenvalue weighted by molar-refractivity contribution is 5.80. The predicted molar refractivity (Wildman–Crippen MR) is 77.0 cm³/mol. The molecule has 6 aliphatic rings. The summed E-state index contributed by atoms with van der Waals surface area (Å²) in [5.74, 6) is 5.13. The lowest BCUT2D eigenvalue weighted by Crippen LogP contribution is -2.53. The fourth-order valence-corrected chi connectivity index (χ4v) is 6.64. The van der Waals surface area contributed by atoms with Crippen molar-refractivity contribution in [1.82, 2.24) is 10.2 Å². The molecule has 6 fully saturated rings. The first-order valence-electron chi connectivity index (χ1n) is 8.81. The highest BCUT2D eigenvalue weighted by Gasteiger charge is 2.53. The smallest absolute Gasteiger partial charge is 0.226 e. The van der Waals surface area contributed by atoms with E-state index in [0.717, 1.165) is 49.2 Å². The molecule has 2 heterocycles. The highest BCUT2D eigenvalue weighted by atomic mass is 16.2. The summed E-state index contributed by atoms with van der Waals surface area (Å²) in [6.07, 6.45) is 8.17. The van der Waals surface area contributed by atoms with Crippen LogP contribution < -0.4 is 5.32 Å². The van der Waals surface area contributed by atoms with Gasteiger partial charge in [0.25, 0.3) is 0 Å². The lowest BCUT2D eigenvalue weighted by atomic mass is 9.51. The van der Waals surface area contributed by atoms with Gasteiger partial charge in [-0.15, -0.1) is 0 Å². The summed E-state index contributed by atoms with van der Waals surface area (Å²) in [6.45, 7) is 3.22. The molecule has 1 N–H and O–H groups in total. The lowest BCUT2D eigenvalue weighted by molar-refractivity contribution is -0.149. The fraction of sp³-hybridized carbons (Fsp3) is 0.941. The minimum Gasteiger partial charge on any atom is -0.338 e. The molecule has 0 aromatic heterocycles. The number of carbonyl (C=O) groups is 1. The maximum Gasteiger partial charge on any atom is 0.226 e. The van der Waals surface area contributed by atoms with Crippen LogP contribution in [0, 0.1) is 35.5 Å². The Hall–Kier alpha value is -0.570. The summed E-state index contributed by atoms with van der Waals surface area (Å²) < 4.78 is 0. The van der Waals surface area contributed by atoms with Crippen molar-refractivity contribution in [2.24, 2.45) is 35.5 Å². The molecule has 2 atom stereocenters. The number of carbonyl (C=O) groups excluding carboxylic acids is 1. The molecule has 0 spiro atoms. The summed E-state index contributed by atoms with van der Waals surface area (Å²) in [6, 6.07) is 0.527. The fourth-order valence-electron chi connectivity index (χ4n) is 6.64. The normalized spacial score (nSPS) is 52.6. The maximum atomic E-state index is 13.2. The molecule has 3 nitrogen and oxygen atoms in total. The molecule has 6 rings (SSSR count). The van der Waals surface area contributed by atoms with Crippen molar-refractivity contribution in [3.05, 3.63) is 0 Å². The summed E-state index contributed by atoms with van der Waals surface area (Å²) in [5, 5.41) is 3.48. The van der Waals surface area contributed by atoms with E-state index in [2.05, 4.69) is 10.2 Å². The van der Waals surface area contributed by atoms with Crippen molar-refractivity contribution in [1.29, 1.82) is 0 Å². The van der Waals surface area contributed by atoms with Gasteiger partial charge in [-0.2, -0.15) is 0 Å². The molecule has 4 aliphatic carbocycles. The van der Waals surface area contributed by atoms with E-state index >= 15 is 0 Å². The lowest BCUT2D eigenvalue weighted by Gasteiger charge is -2.54. The second-order valence-electron chi connectivity index (χ2n) is 8.26. The standard InChI is InChI=1S/C17H26N2O/c20-17(19-2-1-12-8-18-9-15(12)19)16-13-4-10-3-11(6-13)7-14(16)5-10/h10-16,18H,1-9H2/t10?,11?,12-,13?,14?,15+,16?/m0/s1. The van der Waals surface area contributed by atoms with Crippen LogP contribution in [0.1, 0.15) is 38.5 Å². The summed E-state index contributed by atoms with van der Waals surface area (Å²) in [4.78, 5) is 15.5. The number of nitrogens with zero attached hydrogens (tertiary/aromatic N) is 1. The van der Waals surface area contributed by atoms with E-state index in [1.807, 2.05) is 0 Å². The van der Waals surface area contributed by atoms with Crippen LogP contribution in [0.5, 0.6) is 0 Å². The van der Waals surface area contributed by atoms with E-state index in [1.54, 1.807) is 0 Å². The zero-order valence-corrected chi connectivity index (χ0v) is 12.3. The number of hydrogen-bond donors (Lipinski definition) is 1. The summed E-state index contributed by atoms with van der Waals surface area (Å²) in [5.41, 5.74) is 0. The molecule has 3 heteroatoms. The topological polar surface area (TPSA) is 32.3 Å². The molecule has 0 aromatic rings. The van der Waals surface area contributed by atoms with Gasteiger partial charge in [0.1, 0.15) is 0 Å². The molecule has 1 amide bonds. The molecular weight excluding hydrogens is 248 g/mol. The Morgan fingerprint density at radius 3 is 2.30 bits per heavy atom. The molecule has 4 saturated carbocycles. The van der Waals surface area contributed by atoms with Gasteiger partial charge in [0.2, 0.25) is 5.91 Å². The minimum atomic E-state index is 0.405. The minimum absolute atomic E-state index is 0.405. The second-order valence-corrected chi connectivity index (χ2v) is 8.26. The van der Waals surface area contributed by atoms with Crippen molar-refractivity contribution in [3.63, 3.8) is 0 Å². The van der Waals surface area contributed by atoms with Crippen molar-refractivity contribution >= 4 is 5.91 Å². The van der Waals surface area contributed by atoms with E-state index < -0.39 is 0 Å². The molecule has 0 radical (unpaired) electrons. The second kappa shape index (κ2) is 4.22. The number of fused-ring (bicyclic) bond motifs is 1. The van der Waals surface area contributed by atoms with Crippen LogP contribution in [0.25, 0.3) is 0 Å². The first-order chi connectivity index (χ1) is 9.79. The van der Waals surface area contributed by atoms with Gasteiger partial charge in [-0.05, 0) is 68.1 Å². The van der Waals surface area contributed by atoms with Gasteiger partial charge >= 0.3 is 0 Å². The molecule has 20 heavy (non-hydrogen) atoms. The summed E-state index contributed by atoms with van der Waals surface area (Å²) in [7, 11) is 0. The highest BCUT2D eigenvalue weighted by Crippen LogP contribution is 2.57. The van der Waals surface area contributed by atoms with Crippen LogP contribution in [0.4, 0.5) is 0 Å². The molecule has 0 aromatic carbocycles. The van der Waals surface area contributed by atoms with Crippen LogP contribution in [-0.2, 0) is 4.79 Å². The average Bonchev–Trinajstić information content (AvgIpc) is 2.98. The van der Waals surface area contributed by atoms with Gasteiger partial charge in [0, 0.05) is 31.6 Å². The quantitative estimate of drug-likeness (QED) is 0.792. The van der Waals surface area contributed by atoms with Crippen LogP contribution >= 0.6 is 0 Å². The van der Waals surface area contributed by atoms with Crippen LogP contribution in [0.3, 0.4) is 0 Å². The van der Waals surface area contributed by atoms with E-state index in [1.165, 1.54) is 38.5 Å². The third kappa shape index (κ3) is 1.59. The first kappa shape index (κ1) is 12.0. The summed E-state index contributed by atoms with van der Waals surface area (Å²) >= 11 is 0. The number of rotatable bonds is 1. The average molecular weight is 274 g/mol. The SMILES string of the molecule is O=C(C1C2CC3CC(C2)CC1C3)N1CC[C@H]2CNC[C@H]21. The van der Waals surface area contributed by atoms with E-state index in [-0.39, 0.29) is 0 Å². The molecule has 0 unspecified atom stereocenters. The van der Waals surface area contributed by atoms with E-state index in [0.29, 0.717) is 17.9 Å². The van der Waals surface area contributed by atoms with Crippen molar-refractivity contribution in [2.75, 3.05) is 19.6 Å². The van der Waals surface area contributed by atoms with Gasteiger partial charge in [-0.3, -0.25) is 4.79 Å². The van der Waals surface area contributed by atoms with Crippen LogP contribution in [-0.4, -0.2) is 36.5 Å². The zero-order valence-electron chi connectivity index (χ0n) is 12.3. The monoisotopic (exact) mass is 274 g/mol. The number of amides is 1. The Labute approximate surface area is 121 Å². The van der Waals surface area contributed by atoms with Crippen LogP contribution in [0.2, 0.25) is 0 Å². The third-order valence-corrected chi connectivity index (χ3v) is 7.24. The van der Waals surface area contributed by atoms with Gasteiger partial charge in [-0.25, -0.2) is 0 Å². The Kier molecular flexibility index (Phi) is 2.54. The maximum absolute atomic E-state index is 13.2. The Balaban J connectivity index is 1.39. The van der Waals surface area contributed by atoms with Gasteiger partial charge in [0.15, 0.2) is 0 Å². The number of likely N-dealkylation sites (tertiary alicyclic amines) is 1. The Bertz CT molecular complexity index is 407. The molecule has 110 valence electrons. The zero-order chi connectivity index (χ0) is 13.3. The van der Waals surface area contributed by atoms with E-state index in [9.17, 15) is 4.79 Å². The van der Waals surface area contributed by atoms with Crippen LogP contribution in [0.15, 0.2) is 0 Å². The van der Waals surface area contributed by atoms with Gasteiger partial charge in [-0.1, -0.05) is 0 Å². The Morgan fingerprint density at radius 1 is 0.900 bits per heavy atom. The molecule has 4 bridgehead atoms. The number of hydrogen-bond acceptors (Lipinski definition) is 2. The molecular formula is C17H26N2O. The van der Waals surface area contributed by atoms with Gasteiger partial charge in [0.05, 0.1) is 0 Å².